The molecule has 0 saturated carbocycles. The summed E-state index contributed by atoms with van der Waals surface area (Å²) in [6.07, 6.45) is 2.76. The van der Waals surface area contributed by atoms with Crippen LogP contribution in [0.3, 0.4) is 0 Å². The number of furan rings is 1. The summed E-state index contributed by atoms with van der Waals surface area (Å²) in [5, 5.41) is 5.55. The van der Waals surface area contributed by atoms with Gasteiger partial charge in [-0.1, -0.05) is 24.3 Å². The van der Waals surface area contributed by atoms with Gasteiger partial charge in [-0.2, -0.15) is 0 Å². The third kappa shape index (κ3) is 2.47. The highest BCUT2D eigenvalue weighted by Gasteiger charge is 2.55. The van der Waals surface area contributed by atoms with E-state index in [-0.39, 0.29) is 18.5 Å². The van der Waals surface area contributed by atoms with Crippen LogP contribution in [0.1, 0.15) is 36.3 Å². The van der Waals surface area contributed by atoms with Gasteiger partial charge in [0.25, 0.3) is 5.91 Å². The van der Waals surface area contributed by atoms with Gasteiger partial charge in [0, 0.05) is 0 Å². The van der Waals surface area contributed by atoms with E-state index in [4.69, 9.17) is 4.42 Å². The average molecular weight is 353 g/mol. The van der Waals surface area contributed by atoms with E-state index in [0.29, 0.717) is 12.2 Å². The van der Waals surface area contributed by atoms with Gasteiger partial charge in [-0.3, -0.25) is 14.5 Å². The van der Waals surface area contributed by atoms with Crippen molar-refractivity contribution in [3.8, 4) is 0 Å². The Balaban J connectivity index is 1.49. The minimum Gasteiger partial charge on any atom is -0.467 e. The zero-order chi connectivity index (χ0) is 18.3. The number of nitrogens with one attached hydrogen (secondary N) is 2. The molecule has 4 rings (SSSR count). The Morgan fingerprint density at radius 3 is 2.88 bits per heavy atom. The molecular formula is C19H19N3O4. The van der Waals surface area contributed by atoms with Crippen molar-refractivity contribution in [2.45, 2.75) is 31.3 Å². The maximum atomic E-state index is 13.0. The number of amides is 4. The second-order valence-corrected chi connectivity index (χ2v) is 6.69. The normalized spacial score (nSPS) is 22.4. The van der Waals surface area contributed by atoms with Crippen molar-refractivity contribution in [2.24, 2.45) is 0 Å². The van der Waals surface area contributed by atoms with Gasteiger partial charge in [-0.25, -0.2) is 4.79 Å². The Morgan fingerprint density at radius 2 is 2.12 bits per heavy atom. The average Bonchev–Trinajstić information content (AvgIpc) is 3.32. The number of hydrogen-bond donors (Lipinski definition) is 2. The number of fused-ring (bicyclic) bond motifs is 2. The van der Waals surface area contributed by atoms with Crippen LogP contribution in [0.4, 0.5) is 4.79 Å². The number of imide groups is 1. The highest BCUT2D eigenvalue weighted by molar-refractivity contribution is 6.09. The Labute approximate surface area is 150 Å². The zero-order valence-corrected chi connectivity index (χ0v) is 14.3. The van der Waals surface area contributed by atoms with Crippen LogP contribution >= 0.6 is 0 Å². The van der Waals surface area contributed by atoms with Crippen molar-refractivity contribution >= 4 is 17.8 Å². The lowest BCUT2D eigenvalue weighted by atomic mass is 9.92. The quantitative estimate of drug-likeness (QED) is 0.821. The molecule has 1 aliphatic heterocycles. The van der Waals surface area contributed by atoms with Crippen LogP contribution in [-0.2, 0) is 21.5 Å². The molecule has 26 heavy (non-hydrogen) atoms. The van der Waals surface area contributed by atoms with Crippen LogP contribution in [0.2, 0.25) is 0 Å². The molecule has 2 N–H and O–H groups in total. The molecule has 0 radical (unpaired) electrons. The van der Waals surface area contributed by atoms with E-state index in [9.17, 15) is 14.4 Å². The zero-order valence-electron chi connectivity index (χ0n) is 14.3. The van der Waals surface area contributed by atoms with Crippen molar-refractivity contribution in [3.63, 3.8) is 0 Å². The van der Waals surface area contributed by atoms with Gasteiger partial charge in [-0.05, 0) is 43.0 Å². The highest BCUT2D eigenvalue weighted by Crippen LogP contribution is 2.41. The molecular weight excluding hydrogens is 334 g/mol. The largest absolute Gasteiger partial charge is 0.467 e. The number of benzene rings is 1. The second-order valence-electron chi connectivity index (χ2n) is 6.69. The number of rotatable bonds is 4. The summed E-state index contributed by atoms with van der Waals surface area (Å²) in [4.78, 5) is 38.7. The second kappa shape index (κ2) is 6.01. The van der Waals surface area contributed by atoms with E-state index in [0.717, 1.165) is 22.4 Å². The Hall–Kier alpha value is -3.09. The molecule has 2 heterocycles. The molecule has 0 bridgehead atoms. The van der Waals surface area contributed by atoms with E-state index in [2.05, 4.69) is 10.6 Å². The molecule has 1 aromatic carbocycles. The first-order valence-corrected chi connectivity index (χ1v) is 8.56. The number of carbonyl (C=O) groups is 3. The lowest BCUT2D eigenvalue weighted by Gasteiger charge is -2.22. The maximum Gasteiger partial charge on any atom is 0.325 e. The Morgan fingerprint density at radius 1 is 1.31 bits per heavy atom. The SMILES string of the molecule is C[C@@H](NC(=O)CN1C(=O)N[C@@]2(CCc3ccccc32)C1=O)c1ccco1. The van der Waals surface area contributed by atoms with Crippen LogP contribution in [0.15, 0.2) is 47.1 Å². The van der Waals surface area contributed by atoms with Crippen LogP contribution in [0, 0.1) is 0 Å². The number of hydrogen-bond acceptors (Lipinski definition) is 4. The predicted molar refractivity (Wildman–Crippen MR) is 92.0 cm³/mol. The minimum atomic E-state index is -1.04. The summed E-state index contributed by atoms with van der Waals surface area (Å²) in [6.45, 7) is 1.46. The number of nitrogens with zero attached hydrogens (tertiary/aromatic N) is 1. The fraction of sp³-hybridized carbons (Fsp3) is 0.316. The molecule has 134 valence electrons. The molecule has 7 nitrogen and oxygen atoms in total. The van der Waals surface area contributed by atoms with E-state index < -0.39 is 17.5 Å². The molecule has 1 aromatic heterocycles. The van der Waals surface area contributed by atoms with Crippen molar-refractivity contribution in [1.29, 1.82) is 0 Å². The summed E-state index contributed by atoms with van der Waals surface area (Å²) in [7, 11) is 0. The van der Waals surface area contributed by atoms with Gasteiger partial charge in [0.2, 0.25) is 5.91 Å². The molecule has 2 aliphatic rings. The van der Waals surface area contributed by atoms with E-state index >= 15 is 0 Å². The standard InChI is InChI=1S/C19H19N3O4/c1-12(15-7-4-10-26-15)20-16(23)11-22-17(24)19(21-18(22)25)9-8-13-5-2-3-6-14(13)19/h2-7,10,12H,8-9,11H2,1H3,(H,20,23)(H,21,25)/t12-,19-/m1/s1. The number of urea groups is 1. The van der Waals surface area contributed by atoms with E-state index in [1.54, 1.807) is 19.1 Å². The molecule has 7 heteroatoms. The summed E-state index contributed by atoms with van der Waals surface area (Å²) in [5.41, 5.74) is 0.838. The summed E-state index contributed by atoms with van der Waals surface area (Å²) in [5.74, 6) is -0.175. The third-order valence-corrected chi connectivity index (χ3v) is 5.07. The smallest absolute Gasteiger partial charge is 0.325 e. The van der Waals surface area contributed by atoms with Crippen LogP contribution < -0.4 is 10.6 Å². The lowest BCUT2D eigenvalue weighted by molar-refractivity contribution is -0.135. The molecule has 0 unspecified atom stereocenters. The summed E-state index contributed by atoms with van der Waals surface area (Å²) < 4.78 is 5.25. The molecule has 2 atom stereocenters. The van der Waals surface area contributed by atoms with Gasteiger partial charge < -0.3 is 15.1 Å². The van der Waals surface area contributed by atoms with Gasteiger partial charge in [0.15, 0.2) is 0 Å². The summed E-state index contributed by atoms with van der Waals surface area (Å²) in [6, 6.07) is 10.2. The first kappa shape index (κ1) is 16.4. The van der Waals surface area contributed by atoms with Gasteiger partial charge in [0.1, 0.15) is 17.8 Å². The fourth-order valence-corrected chi connectivity index (χ4v) is 3.77. The van der Waals surface area contributed by atoms with Crippen molar-refractivity contribution in [1.82, 2.24) is 15.5 Å². The minimum absolute atomic E-state index is 0.320. The molecule has 2 aromatic rings. The first-order valence-electron chi connectivity index (χ1n) is 8.56. The van der Waals surface area contributed by atoms with Crippen molar-refractivity contribution < 1.29 is 18.8 Å². The summed E-state index contributed by atoms with van der Waals surface area (Å²) >= 11 is 0. The first-order chi connectivity index (χ1) is 12.5. The fourth-order valence-electron chi connectivity index (χ4n) is 3.77. The Bertz CT molecular complexity index is 877. The lowest BCUT2D eigenvalue weighted by Crippen LogP contribution is -2.44. The number of carbonyl (C=O) groups excluding carboxylic acids is 3. The van der Waals surface area contributed by atoms with Gasteiger partial charge in [0.05, 0.1) is 12.3 Å². The van der Waals surface area contributed by atoms with Crippen molar-refractivity contribution in [2.75, 3.05) is 6.54 Å². The number of aryl methyl sites for hydroxylation is 1. The van der Waals surface area contributed by atoms with Crippen molar-refractivity contribution in [3.05, 3.63) is 59.5 Å². The van der Waals surface area contributed by atoms with E-state index in [1.807, 2.05) is 24.3 Å². The molecule has 1 aliphatic carbocycles. The molecule has 1 fully saturated rings. The maximum absolute atomic E-state index is 13.0. The van der Waals surface area contributed by atoms with Crippen LogP contribution in [-0.4, -0.2) is 29.3 Å². The molecule has 1 saturated heterocycles. The molecule has 1 spiro atoms. The monoisotopic (exact) mass is 353 g/mol. The van der Waals surface area contributed by atoms with E-state index in [1.165, 1.54) is 6.26 Å². The highest BCUT2D eigenvalue weighted by atomic mass is 16.3. The van der Waals surface area contributed by atoms with Gasteiger partial charge in [-0.15, -0.1) is 0 Å². The molecule has 4 amide bonds. The Kier molecular flexibility index (Phi) is 3.79. The topological polar surface area (TPSA) is 91.7 Å². The van der Waals surface area contributed by atoms with Crippen LogP contribution in [0.25, 0.3) is 0 Å². The van der Waals surface area contributed by atoms with Gasteiger partial charge >= 0.3 is 6.03 Å². The third-order valence-electron chi connectivity index (χ3n) is 5.07. The predicted octanol–water partition coefficient (Wildman–Crippen LogP) is 1.85. The van der Waals surface area contributed by atoms with Crippen LogP contribution in [0.5, 0.6) is 0 Å².